The van der Waals surface area contributed by atoms with Gasteiger partial charge in [-0.3, -0.25) is 0 Å². The molecule has 0 N–H and O–H groups in total. The predicted molar refractivity (Wildman–Crippen MR) is 254 cm³/mol. The van der Waals surface area contributed by atoms with Gasteiger partial charge < -0.3 is 9.80 Å². The first-order valence-electron chi connectivity index (χ1n) is 21.3. The Morgan fingerprint density at radius 2 is 0.700 bits per heavy atom. The Balaban J connectivity index is 1.22. The summed E-state index contributed by atoms with van der Waals surface area (Å²) in [5, 5.41) is 7.47. The monoisotopic (exact) mass is 766 g/mol. The van der Waals surface area contributed by atoms with Gasteiger partial charge in [0.2, 0.25) is 0 Å². The summed E-state index contributed by atoms with van der Waals surface area (Å²) in [6, 6.07) is 77.0. The maximum Gasteiger partial charge on any atom is 0.0493 e. The van der Waals surface area contributed by atoms with Crippen molar-refractivity contribution in [2.24, 2.45) is 0 Å². The highest BCUT2D eigenvalue weighted by Crippen LogP contribution is 2.51. The van der Waals surface area contributed by atoms with Crippen molar-refractivity contribution < 1.29 is 0 Å². The Kier molecular flexibility index (Phi) is 8.16. The maximum atomic E-state index is 2.51. The van der Waals surface area contributed by atoms with Crippen molar-refractivity contribution >= 4 is 66.4 Å². The highest BCUT2D eigenvalue weighted by Gasteiger charge is 2.27. The molecule has 0 aliphatic carbocycles. The molecule has 2 heterocycles. The van der Waals surface area contributed by atoms with Crippen LogP contribution in [-0.2, 0) is 25.7 Å². The summed E-state index contributed by atoms with van der Waals surface area (Å²) in [6.07, 6.45) is 4.03. The van der Waals surface area contributed by atoms with Crippen molar-refractivity contribution in [2.75, 3.05) is 9.80 Å². The fourth-order valence-corrected chi connectivity index (χ4v) is 10.2. The fourth-order valence-electron chi connectivity index (χ4n) is 10.2. The van der Waals surface area contributed by atoms with E-state index >= 15 is 0 Å². The van der Waals surface area contributed by atoms with E-state index in [4.69, 9.17) is 0 Å². The van der Waals surface area contributed by atoms with Crippen LogP contribution in [0.3, 0.4) is 0 Å². The minimum absolute atomic E-state index is 1.01. The lowest BCUT2D eigenvalue weighted by atomic mass is 9.84. The number of hydrogen-bond acceptors (Lipinski definition) is 2. The van der Waals surface area contributed by atoms with E-state index in [2.05, 4.69) is 216 Å². The van der Waals surface area contributed by atoms with E-state index in [0.29, 0.717) is 0 Å². The lowest BCUT2D eigenvalue weighted by Gasteiger charge is -2.29. The molecule has 2 heteroatoms. The molecule has 2 nitrogen and oxygen atoms in total. The molecule has 0 fully saturated rings. The third-order valence-corrected chi connectivity index (χ3v) is 13.0. The average Bonchev–Trinajstić information content (AvgIpc) is 3.59. The molecule has 0 amide bonds. The van der Waals surface area contributed by atoms with Gasteiger partial charge in [-0.1, -0.05) is 158 Å². The molecule has 0 aromatic heterocycles. The lowest BCUT2D eigenvalue weighted by molar-refractivity contribution is 0.977. The van der Waals surface area contributed by atoms with Gasteiger partial charge >= 0.3 is 0 Å². The average molecular weight is 767 g/mol. The van der Waals surface area contributed by atoms with Crippen LogP contribution in [0.2, 0.25) is 0 Å². The largest absolute Gasteiger partial charge is 0.310 e. The number of hydrogen-bond donors (Lipinski definition) is 0. The number of fused-ring (bicyclic) bond motifs is 7. The SMILES string of the molecule is c1ccc(-c2c3cc(N4c5ccccc5CCc5ccccc54)ccc3c(-c3cccc4ccccc34)c3ccc(N4c5ccccc5CCc5ccccc54)cc23)cc1. The number of nitrogens with zero attached hydrogens (tertiary/aromatic N) is 2. The highest BCUT2D eigenvalue weighted by molar-refractivity contribution is 6.24. The molecule has 2 aliphatic rings. The number of benzene rings is 10. The van der Waals surface area contributed by atoms with Crippen LogP contribution in [0.15, 0.2) is 206 Å². The van der Waals surface area contributed by atoms with Gasteiger partial charge in [0.05, 0.1) is 0 Å². The number of anilines is 6. The second-order valence-electron chi connectivity index (χ2n) is 16.3. The maximum absolute atomic E-state index is 2.51. The van der Waals surface area contributed by atoms with E-state index in [1.165, 1.54) is 99.6 Å². The summed E-state index contributed by atoms with van der Waals surface area (Å²) in [4.78, 5) is 5.02. The van der Waals surface area contributed by atoms with E-state index in [9.17, 15) is 0 Å². The Hall–Kier alpha value is -7.42. The van der Waals surface area contributed by atoms with Crippen molar-refractivity contribution in [3.05, 3.63) is 229 Å². The lowest BCUT2D eigenvalue weighted by Crippen LogP contribution is -2.12. The van der Waals surface area contributed by atoms with Crippen molar-refractivity contribution in [3.63, 3.8) is 0 Å². The Morgan fingerprint density at radius 1 is 0.283 bits per heavy atom. The highest BCUT2D eigenvalue weighted by atomic mass is 15.2. The summed E-state index contributed by atoms with van der Waals surface area (Å²) in [7, 11) is 0. The van der Waals surface area contributed by atoms with Crippen LogP contribution in [0, 0.1) is 0 Å². The van der Waals surface area contributed by atoms with Gasteiger partial charge in [0.15, 0.2) is 0 Å². The molecule has 0 unspecified atom stereocenters. The fraction of sp³-hybridized carbons (Fsp3) is 0.0690. The van der Waals surface area contributed by atoms with Crippen LogP contribution in [0.1, 0.15) is 22.3 Å². The topological polar surface area (TPSA) is 6.48 Å². The molecule has 0 radical (unpaired) electrons. The second-order valence-corrected chi connectivity index (χ2v) is 16.3. The smallest absolute Gasteiger partial charge is 0.0493 e. The number of aryl methyl sites for hydroxylation is 4. The molecule has 0 bridgehead atoms. The second kappa shape index (κ2) is 14.1. The minimum atomic E-state index is 1.01. The van der Waals surface area contributed by atoms with Crippen molar-refractivity contribution in [2.45, 2.75) is 25.7 Å². The summed E-state index contributed by atoms with van der Waals surface area (Å²) < 4.78 is 0. The van der Waals surface area contributed by atoms with E-state index in [-0.39, 0.29) is 0 Å². The van der Waals surface area contributed by atoms with Gasteiger partial charge in [-0.2, -0.15) is 0 Å². The zero-order valence-electron chi connectivity index (χ0n) is 33.4. The van der Waals surface area contributed by atoms with Crippen LogP contribution in [0.4, 0.5) is 34.1 Å². The Morgan fingerprint density at radius 3 is 1.20 bits per heavy atom. The van der Waals surface area contributed by atoms with Gasteiger partial charge in [0, 0.05) is 34.1 Å². The van der Waals surface area contributed by atoms with Crippen molar-refractivity contribution in [3.8, 4) is 22.3 Å². The minimum Gasteiger partial charge on any atom is -0.310 e. The van der Waals surface area contributed by atoms with Gasteiger partial charge in [0.25, 0.3) is 0 Å². The Bertz CT molecular complexity index is 3030. The van der Waals surface area contributed by atoms with Crippen LogP contribution in [0.25, 0.3) is 54.6 Å². The van der Waals surface area contributed by atoms with Gasteiger partial charge in [-0.05, 0) is 151 Å². The first-order valence-corrected chi connectivity index (χ1v) is 21.3. The predicted octanol–water partition coefficient (Wildman–Crippen LogP) is 15.6. The molecule has 0 atom stereocenters. The molecule has 60 heavy (non-hydrogen) atoms. The molecule has 12 rings (SSSR count). The third kappa shape index (κ3) is 5.56. The zero-order valence-corrected chi connectivity index (χ0v) is 33.4. The van der Waals surface area contributed by atoms with Crippen molar-refractivity contribution in [1.29, 1.82) is 0 Å². The molecule has 2 aliphatic heterocycles. The quantitative estimate of drug-likeness (QED) is 0.165. The summed E-state index contributed by atoms with van der Waals surface area (Å²) in [5.41, 5.74) is 17.8. The van der Waals surface area contributed by atoms with E-state index in [0.717, 1.165) is 37.1 Å². The molecular formula is C58H42N2. The van der Waals surface area contributed by atoms with Crippen molar-refractivity contribution in [1.82, 2.24) is 0 Å². The number of para-hydroxylation sites is 4. The molecule has 10 aromatic rings. The van der Waals surface area contributed by atoms with E-state index in [1.807, 2.05) is 0 Å². The van der Waals surface area contributed by atoms with Crippen LogP contribution < -0.4 is 9.80 Å². The van der Waals surface area contributed by atoms with Crippen LogP contribution in [0.5, 0.6) is 0 Å². The number of rotatable bonds is 4. The standard InChI is InChI=1S/C58H42N2/c1-2-20-44(21-3-1)57-51-37-45(59-53-25-10-5-16-40(53)29-30-41-17-6-11-26-54(41)59)33-35-49(51)58(48-24-14-22-39-15-4-9-23-47(39)48)50-36-34-46(38-52(50)57)60-55-27-12-7-18-42(55)31-32-43-19-8-13-28-56(43)60/h1-28,33-38H,29-32H2. The first-order chi connectivity index (χ1) is 29.8. The van der Waals surface area contributed by atoms with Crippen LogP contribution >= 0.6 is 0 Å². The molecular weight excluding hydrogens is 725 g/mol. The summed E-state index contributed by atoms with van der Waals surface area (Å²) in [5.74, 6) is 0. The normalized spacial score (nSPS) is 13.3. The van der Waals surface area contributed by atoms with E-state index < -0.39 is 0 Å². The third-order valence-electron chi connectivity index (χ3n) is 13.0. The Labute approximate surface area is 351 Å². The molecule has 0 saturated carbocycles. The zero-order chi connectivity index (χ0) is 39.6. The molecule has 0 saturated heterocycles. The summed E-state index contributed by atoms with van der Waals surface area (Å²) >= 11 is 0. The summed E-state index contributed by atoms with van der Waals surface area (Å²) in [6.45, 7) is 0. The molecule has 0 spiro atoms. The molecule has 284 valence electrons. The van der Waals surface area contributed by atoms with Gasteiger partial charge in [-0.15, -0.1) is 0 Å². The van der Waals surface area contributed by atoms with Gasteiger partial charge in [-0.25, -0.2) is 0 Å². The van der Waals surface area contributed by atoms with Crippen LogP contribution in [-0.4, -0.2) is 0 Å². The first kappa shape index (κ1) is 34.6. The van der Waals surface area contributed by atoms with E-state index in [1.54, 1.807) is 0 Å². The van der Waals surface area contributed by atoms with Gasteiger partial charge in [0.1, 0.15) is 0 Å². The molecule has 10 aromatic carbocycles.